The van der Waals surface area contributed by atoms with Gasteiger partial charge >= 0.3 is 0 Å². The highest BCUT2D eigenvalue weighted by Crippen LogP contribution is 2.21. The van der Waals surface area contributed by atoms with Crippen molar-refractivity contribution in [1.29, 1.82) is 0 Å². The summed E-state index contributed by atoms with van der Waals surface area (Å²) in [6.45, 7) is 2.12. The molecule has 0 saturated heterocycles. The van der Waals surface area contributed by atoms with Crippen molar-refractivity contribution in [1.82, 2.24) is 10.3 Å². The number of thiazole rings is 1. The van der Waals surface area contributed by atoms with Crippen molar-refractivity contribution < 1.29 is 0 Å². The quantitative estimate of drug-likeness (QED) is 0.867. The van der Waals surface area contributed by atoms with Crippen LogP contribution in [0.1, 0.15) is 50.6 Å². The average Bonchev–Trinajstić information content (AvgIpc) is 2.73. The molecule has 2 rings (SSSR count). The molecule has 1 saturated carbocycles. The van der Waals surface area contributed by atoms with E-state index in [1.807, 2.05) is 5.51 Å². The van der Waals surface area contributed by atoms with Crippen molar-refractivity contribution in [2.45, 2.75) is 51.5 Å². The molecule has 0 amide bonds. The molecule has 0 spiro atoms. The fourth-order valence-electron chi connectivity index (χ4n) is 2.47. The molecular formula is C13H22N2S. The molecule has 0 unspecified atom stereocenters. The monoisotopic (exact) mass is 238 g/mol. The molecule has 1 N–H and O–H groups in total. The summed E-state index contributed by atoms with van der Waals surface area (Å²) in [5, 5.41) is 5.68. The number of aromatic nitrogens is 1. The van der Waals surface area contributed by atoms with E-state index in [0.29, 0.717) is 0 Å². The molecule has 0 atom stereocenters. The van der Waals surface area contributed by atoms with Gasteiger partial charge in [0.2, 0.25) is 0 Å². The Hall–Kier alpha value is -0.410. The first-order valence-electron chi connectivity index (χ1n) is 6.53. The van der Waals surface area contributed by atoms with E-state index < -0.39 is 0 Å². The van der Waals surface area contributed by atoms with Crippen LogP contribution in [0.15, 0.2) is 10.9 Å². The maximum atomic E-state index is 4.29. The topological polar surface area (TPSA) is 24.9 Å². The van der Waals surface area contributed by atoms with Gasteiger partial charge in [-0.05, 0) is 25.3 Å². The van der Waals surface area contributed by atoms with Gasteiger partial charge in [0.25, 0.3) is 0 Å². The fraction of sp³-hybridized carbons (Fsp3) is 0.769. The molecule has 2 nitrogen and oxygen atoms in total. The molecule has 0 bridgehead atoms. The van der Waals surface area contributed by atoms with Gasteiger partial charge in [0.15, 0.2) is 0 Å². The Morgan fingerprint density at radius 1 is 1.19 bits per heavy atom. The van der Waals surface area contributed by atoms with Gasteiger partial charge in [-0.25, -0.2) is 4.98 Å². The molecule has 0 radical (unpaired) electrons. The smallest absolute Gasteiger partial charge is 0.0795 e. The predicted molar refractivity (Wildman–Crippen MR) is 69.6 cm³/mol. The van der Waals surface area contributed by atoms with Crippen LogP contribution in [-0.4, -0.2) is 11.5 Å². The van der Waals surface area contributed by atoms with Gasteiger partial charge in [-0.15, -0.1) is 11.3 Å². The van der Waals surface area contributed by atoms with Crippen LogP contribution in [-0.2, 0) is 6.54 Å². The summed E-state index contributed by atoms with van der Waals surface area (Å²) in [5.74, 6) is 0.902. The third kappa shape index (κ3) is 4.22. The third-order valence-electron chi connectivity index (χ3n) is 3.45. The molecule has 0 aliphatic heterocycles. The Kier molecular flexibility index (Phi) is 5.29. The van der Waals surface area contributed by atoms with E-state index in [0.717, 1.165) is 12.5 Å². The number of nitrogens with zero attached hydrogens (tertiary/aromatic N) is 1. The first-order valence-corrected chi connectivity index (χ1v) is 7.47. The van der Waals surface area contributed by atoms with Crippen LogP contribution in [0.3, 0.4) is 0 Å². The Bertz CT molecular complexity index is 263. The summed E-state index contributed by atoms with van der Waals surface area (Å²) in [6.07, 6.45) is 10.1. The molecular weight excluding hydrogens is 216 g/mol. The Labute approximate surface area is 102 Å². The standard InChI is InChI=1S/C13H22N2S/c1-2-4-6-12(7-5-3-1)8-14-9-13-10-16-11-15-13/h10-12,14H,1-9H2. The van der Waals surface area contributed by atoms with E-state index in [1.54, 1.807) is 11.3 Å². The second kappa shape index (κ2) is 7.02. The lowest BCUT2D eigenvalue weighted by Crippen LogP contribution is -2.23. The van der Waals surface area contributed by atoms with Crippen LogP contribution in [0.25, 0.3) is 0 Å². The first kappa shape index (κ1) is 12.1. The lowest BCUT2D eigenvalue weighted by atomic mass is 9.91. The zero-order valence-corrected chi connectivity index (χ0v) is 10.8. The van der Waals surface area contributed by atoms with E-state index in [1.165, 1.54) is 57.2 Å². The largest absolute Gasteiger partial charge is 0.311 e. The molecule has 3 heteroatoms. The van der Waals surface area contributed by atoms with Gasteiger partial charge in [-0.3, -0.25) is 0 Å². The minimum atomic E-state index is 0.902. The minimum Gasteiger partial charge on any atom is -0.311 e. The Morgan fingerprint density at radius 3 is 2.62 bits per heavy atom. The summed E-state index contributed by atoms with van der Waals surface area (Å²) < 4.78 is 0. The lowest BCUT2D eigenvalue weighted by molar-refractivity contribution is 0.360. The SMILES string of the molecule is c1nc(CNCC2CCCCCCC2)cs1. The van der Waals surface area contributed by atoms with E-state index in [9.17, 15) is 0 Å². The normalized spacial score (nSPS) is 19.2. The Morgan fingerprint density at radius 2 is 1.94 bits per heavy atom. The molecule has 1 aromatic rings. The lowest BCUT2D eigenvalue weighted by Gasteiger charge is -2.19. The van der Waals surface area contributed by atoms with Crippen LogP contribution in [0.2, 0.25) is 0 Å². The van der Waals surface area contributed by atoms with Crippen molar-refractivity contribution >= 4 is 11.3 Å². The molecule has 1 heterocycles. The number of rotatable bonds is 4. The minimum absolute atomic E-state index is 0.902. The van der Waals surface area contributed by atoms with Crippen LogP contribution in [0.5, 0.6) is 0 Å². The molecule has 1 fully saturated rings. The van der Waals surface area contributed by atoms with E-state index >= 15 is 0 Å². The summed E-state index contributed by atoms with van der Waals surface area (Å²) in [4.78, 5) is 4.29. The highest BCUT2D eigenvalue weighted by Gasteiger charge is 2.10. The van der Waals surface area contributed by atoms with Gasteiger partial charge < -0.3 is 5.32 Å². The van der Waals surface area contributed by atoms with Crippen LogP contribution < -0.4 is 5.32 Å². The van der Waals surface area contributed by atoms with Gasteiger partial charge in [0.05, 0.1) is 11.2 Å². The summed E-state index contributed by atoms with van der Waals surface area (Å²) in [6, 6.07) is 0. The Balaban J connectivity index is 1.64. The number of hydrogen-bond donors (Lipinski definition) is 1. The molecule has 90 valence electrons. The van der Waals surface area contributed by atoms with Gasteiger partial charge in [-0.1, -0.05) is 32.1 Å². The van der Waals surface area contributed by atoms with Crippen molar-refractivity contribution in [2.75, 3.05) is 6.54 Å². The summed E-state index contributed by atoms with van der Waals surface area (Å²) >= 11 is 1.68. The van der Waals surface area contributed by atoms with Crippen molar-refractivity contribution in [3.63, 3.8) is 0 Å². The summed E-state index contributed by atoms with van der Waals surface area (Å²) in [7, 11) is 0. The van der Waals surface area contributed by atoms with Crippen LogP contribution in [0.4, 0.5) is 0 Å². The zero-order valence-electron chi connectivity index (χ0n) is 9.95. The van der Waals surface area contributed by atoms with Crippen molar-refractivity contribution in [2.24, 2.45) is 5.92 Å². The highest BCUT2D eigenvalue weighted by molar-refractivity contribution is 7.07. The second-order valence-corrected chi connectivity index (χ2v) is 5.54. The van der Waals surface area contributed by atoms with Crippen molar-refractivity contribution in [3.05, 3.63) is 16.6 Å². The summed E-state index contributed by atoms with van der Waals surface area (Å²) in [5.41, 5.74) is 3.10. The molecule has 16 heavy (non-hydrogen) atoms. The van der Waals surface area contributed by atoms with Gasteiger partial charge in [0, 0.05) is 11.9 Å². The molecule has 1 aromatic heterocycles. The maximum absolute atomic E-state index is 4.29. The fourth-order valence-corrected chi connectivity index (χ4v) is 3.03. The second-order valence-electron chi connectivity index (χ2n) is 4.82. The number of hydrogen-bond acceptors (Lipinski definition) is 3. The zero-order chi connectivity index (χ0) is 11.1. The van der Waals surface area contributed by atoms with Crippen molar-refractivity contribution in [3.8, 4) is 0 Å². The van der Waals surface area contributed by atoms with Crippen LogP contribution in [0, 0.1) is 5.92 Å². The first-order chi connectivity index (χ1) is 7.95. The van der Waals surface area contributed by atoms with Gasteiger partial charge in [-0.2, -0.15) is 0 Å². The van der Waals surface area contributed by atoms with Crippen LogP contribution >= 0.6 is 11.3 Å². The predicted octanol–water partition coefficient (Wildman–Crippen LogP) is 3.59. The number of nitrogens with one attached hydrogen (secondary N) is 1. The molecule has 1 aliphatic rings. The van der Waals surface area contributed by atoms with Gasteiger partial charge in [0.1, 0.15) is 0 Å². The molecule has 1 aliphatic carbocycles. The third-order valence-corrected chi connectivity index (χ3v) is 4.08. The highest BCUT2D eigenvalue weighted by atomic mass is 32.1. The molecule has 0 aromatic carbocycles. The average molecular weight is 238 g/mol. The maximum Gasteiger partial charge on any atom is 0.0795 e. The van der Waals surface area contributed by atoms with E-state index in [-0.39, 0.29) is 0 Å². The van der Waals surface area contributed by atoms with E-state index in [4.69, 9.17) is 0 Å². The van der Waals surface area contributed by atoms with E-state index in [2.05, 4.69) is 15.7 Å².